The number of hydrogen-bond acceptors (Lipinski definition) is 3. The van der Waals surface area contributed by atoms with E-state index < -0.39 is 17.3 Å². The summed E-state index contributed by atoms with van der Waals surface area (Å²) in [6, 6.07) is 3.57. The fourth-order valence-corrected chi connectivity index (χ4v) is 1.45. The Balaban J connectivity index is 0. The Morgan fingerprint density at radius 1 is 1.14 bits per heavy atom. The van der Waals surface area contributed by atoms with E-state index in [9.17, 15) is 13.2 Å². The quantitative estimate of drug-likeness (QED) is 0.428. The molecule has 0 fully saturated rings. The first kappa shape index (κ1) is 22.6. The molecular formula is C16H26F3NO2. The molecule has 1 aromatic carbocycles. The molecule has 0 aliphatic carbocycles. The van der Waals surface area contributed by atoms with Crippen LogP contribution >= 0.6 is 0 Å². The number of hydrogen-bond donors (Lipinski definition) is 1. The lowest BCUT2D eigenvalue weighted by Gasteiger charge is -2.24. The maximum absolute atomic E-state index is 13.0. The van der Waals surface area contributed by atoms with Crippen molar-refractivity contribution >= 4 is 5.71 Å². The van der Waals surface area contributed by atoms with Crippen LogP contribution in [-0.2, 0) is 6.18 Å². The van der Waals surface area contributed by atoms with E-state index in [0.29, 0.717) is 0 Å². The lowest BCUT2D eigenvalue weighted by molar-refractivity contribution is -0.139. The van der Waals surface area contributed by atoms with Crippen molar-refractivity contribution in [2.75, 3.05) is 0 Å². The van der Waals surface area contributed by atoms with E-state index in [0.717, 1.165) is 6.07 Å². The van der Waals surface area contributed by atoms with Gasteiger partial charge in [0, 0.05) is 0 Å². The lowest BCUT2D eigenvalue weighted by atomic mass is 10.1. The van der Waals surface area contributed by atoms with E-state index >= 15 is 0 Å². The molecule has 128 valence electrons. The van der Waals surface area contributed by atoms with Crippen LogP contribution in [0, 0.1) is 0 Å². The zero-order chi connectivity index (χ0) is 16.8. The molecule has 1 aromatic rings. The Bertz CT molecular complexity index is 489. The Labute approximate surface area is 130 Å². The van der Waals surface area contributed by atoms with Gasteiger partial charge in [-0.25, -0.2) is 0 Å². The van der Waals surface area contributed by atoms with Crippen LogP contribution < -0.4 is 4.74 Å². The lowest BCUT2D eigenvalue weighted by Crippen LogP contribution is -2.25. The van der Waals surface area contributed by atoms with Crippen LogP contribution in [0.25, 0.3) is 0 Å². The summed E-state index contributed by atoms with van der Waals surface area (Å²) in [7, 11) is 0. The van der Waals surface area contributed by atoms with E-state index in [1.165, 1.54) is 19.1 Å². The van der Waals surface area contributed by atoms with Gasteiger partial charge in [-0.2, -0.15) is 13.2 Å². The number of benzene rings is 1. The van der Waals surface area contributed by atoms with Gasteiger partial charge in [-0.05, 0) is 51.5 Å². The molecular weight excluding hydrogens is 295 g/mol. The van der Waals surface area contributed by atoms with Crippen molar-refractivity contribution in [3.63, 3.8) is 0 Å². The van der Waals surface area contributed by atoms with E-state index in [2.05, 4.69) is 5.16 Å². The molecule has 0 radical (unpaired) electrons. The average Bonchev–Trinajstić information content (AvgIpc) is 2.37. The first-order valence-corrected chi connectivity index (χ1v) is 6.64. The van der Waals surface area contributed by atoms with Crippen LogP contribution in [0.3, 0.4) is 0 Å². The van der Waals surface area contributed by atoms with Crippen molar-refractivity contribution in [2.24, 2.45) is 5.16 Å². The molecule has 0 aliphatic heterocycles. The molecule has 3 nitrogen and oxygen atoms in total. The molecule has 0 heterocycles. The maximum atomic E-state index is 13.0. The minimum Gasteiger partial charge on any atom is -0.488 e. The monoisotopic (exact) mass is 321 g/mol. The highest BCUT2D eigenvalue weighted by Gasteiger charge is 2.35. The third kappa shape index (κ3) is 6.83. The highest BCUT2D eigenvalue weighted by Crippen LogP contribution is 2.38. The van der Waals surface area contributed by atoms with Crippen LogP contribution in [0.5, 0.6) is 5.75 Å². The van der Waals surface area contributed by atoms with Crippen LogP contribution in [0.2, 0.25) is 0 Å². The molecule has 0 spiro atoms. The predicted molar refractivity (Wildman–Crippen MR) is 83.9 cm³/mol. The van der Waals surface area contributed by atoms with Gasteiger partial charge in [0.15, 0.2) is 0 Å². The number of rotatable bonds is 2. The van der Waals surface area contributed by atoms with Gasteiger partial charge in [-0.3, -0.25) is 0 Å². The number of nitrogens with zero attached hydrogens (tertiary/aromatic N) is 1. The van der Waals surface area contributed by atoms with E-state index in [1.54, 1.807) is 20.8 Å². The second kappa shape index (κ2) is 8.66. The summed E-state index contributed by atoms with van der Waals surface area (Å²) in [6.45, 7) is 10.4. The number of ether oxygens (including phenoxy) is 1. The number of alkyl halides is 3. The van der Waals surface area contributed by atoms with Crippen molar-refractivity contribution in [1.29, 1.82) is 0 Å². The van der Waals surface area contributed by atoms with Gasteiger partial charge in [0.25, 0.3) is 0 Å². The van der Waals surface area contributed by atoms with E-state index in [1.807, 2.05) is 13.8 Å². The van der Waals surface area contributed by atoms with Gasteiger partial charge in [-0.1, -0.05) is 26.4 Å². The van der Waals surface area contributed by atoms with Crippen molar-refractivity contribution in [2.45, 2.75) is 60.7 Å². The number of halogens is 3. The van der Waals surface area contributed by atoms with Crippen molar-refractivity contribution in [3.05, 3.63) is 29.3 Å². The van der Waals surface area contributed by atoms with Gasteiger partial charge in [0.05, 0.1) is 11.3 Å². The van der Waals surface area contributed by atoms with Crippen LogP contribution in [0.15, 0.2) is 23.4 Å². The zero-order valence-electron chi connectivity index (χ0n) is 13.2. The summed E-state index contributed by atoms with van der Waals surface area (Å²) < 4.78 is 44.3. The fourth-order valence-electron chi connectivity index (χ4n) is 1.45. The molecule has 0 aliphatic rings. The van der Waals surface area contributed by atoms with Gasteiger partial charge >= 0.3 is 6.18 Å². The van der Waals surface area contributed by atoms with Gasteiger partial charge in [0.2, 0.25) is 0 Å². The molecule has 0 saturated carbocycles. The zero-order valence-corrected chi connectivity index (χ0v) is 13.2. The van der Waals surface area contributed by atoms with Crippen LogP contribution in [0.1, 0.15) is 60.1 Å². The molecule has 1 rings (SSSR count). The van der Waals surface area contributed by atoms with Crippen LogP contribution in [0.4, 0.5) is 13.2 Å². The predicted octanol–water partition coefficient (Wildman–Crippen LogP) is 5.74. The maximum Gasteiger partial charge on any atom is 0.419 e. The molecule has 1 N–H and O–H groups in total. The summed E-state index contributed by atoms with van der Waals surface area (Å²) in [5.41, 5.74) is -1.33. The average molecular weight is 321 g/mol. The topological polar surface area (TPSA) is 41.8 Å². The number of oxime groups is 1. The Morgan fingerprint density at radius 3 is 2.00 bits per heavy atom. The minimum absolute atomic E-state index is 0. The smallest absolute Gasteiger partial charge is 0.419 e. The van der Waals surface area contributed by atoms with E-state index in [4.69, 9.17) is 9.94 Å². The van der Waals surface area contributed by atoms with Gasteiger partial charge in [0.1, 0.15) is 11.4 Å². The largest absolute Gasteiger partial charge is 0.488 e. The minimum atomic E-state index is -4.54. The third-order valence-corrected chi connectivity index (χ3v) is 2.27. The fraction of sp³-hybridized carbons (Fsp3) is 0.562. The standard InChI is InChI=1S/C13H16F3NO2.C2H6.CH4/c1-8(17-18)9-5-6-11(19-12(2,3)4)10(7-9)13(14,15)16;1-2;/h5-7,18H,1-4H3;1-2H3;1H4/b17-8+;;. The molecule has 0 unspecified atom stereocenters. The van der Waals surface area contributed by atoms with Crippen molar-refractivity contribution in [3.8, 4) is 5.75 Å². The second-order valence-corrected chi connectivity index (χ2v) is 5.11. The normalized spacial score (nSPS) is 12.0. The van der Waals surface area contributed by atoms with E-state index in [-0.39, 0.29) is 24.5 Å². The summed E-state index contributed by atoms with van der Waals surface area (Å²) in [5, 5.41) is 11.5. The van der Waals surface area contributed by atoms with Crippen molar-refractivity contribution in [1.82, 2.24) is 0 Å². The molecule has 0 amide bonds. The summed E-state index contributed by atoms with van der Waals surface area (Å²) in [4.78, 5) is 0. The second-order valence-electron chi connectivity index (χ2n) is 5.11. The Kier molecular flexibility index (Phi) is 8.88. The van der Waals surface area contributed by atoms with Crippen LogP contribution in [-0.4, -0.2) is 16.5 Å². The third-order valence-electron chi connectivity index (χ3n) is 2.27. The molecule has 0 bridgehead atoms. The Hall–Kier alpha value is -1.72. The summed E-state index contributed by atoms with van der Waals surface area (Å²) in [6.07, 6.45) is -4.54. The summed E-state index contributed by atoms with van der Waals surface area (Å²) >= 11 is 0. The highest BCUT2D eigenvalue weighted by atomic mass is 19.4. The summed E-state index contributed by atoms with van der Waals surface area (Å²) in [5.74, 6) is -0.241. The Morgan fingerprint density at radius 2 is 1.64 bits per heavy atom. The van der Waals surface area contributed by atoms with Gasteiger partial charge in [-0.15, -0.1) is 0 Å². The molecule has 0 atom stereocenters. The molecule has 0 saturated heterocycles. The SMILES string of the molecule is C.C/C(=N\O)c1ccc(OC(C)(C)C)c(C(F)(F)F)c1.CC. The molecule has 22 heavy (non-hydrogen) atoms. The van der Waals surface area contributed by atoms with Crippen molar-refractivity contribution < 1.29 is 23.1 Å². The first-order chi connectivity index (χ1) is 9.54. The molecule has 6 heteroatoms. The highest BCUT2D eigenvalue weighted by molar-refractivity contribution is 5.98. The molecule has 0 aromatic heterocycles. The van der Waals surface area contributed by atoms with Gasteiger partial charge < -0.3 is 9.94 Å². The first-order valence-electron chi connectivity index (χ1n) is 6.64.